The maximum Gasteiger partial charge on any atom is 0.335 e. The van der Waals surface area contributed by atoms with Gasteiger partial charge in [-0.25, -0.2) is 14.8 Å². The number of aromatic carboxylic acids is 1. The molecule has 0 aliphatic carbocycles. The van der Waals surface area contributed by atoms with E-state index in [0.29, 0.717) is 11.4 Å². The summed E-state index contributed by atoms with van der Waals surface area (Å²) in [5.74, 6) is -0.781. The van der Waals surface area contributed by atoms with Gasteiger partial charge in [-0.2, -0.15) is 0 Å². The number of carbonyl (C=O) groups is 1. The topological polar surface area (TPSA) is 101 Å². The summed E-state index contributed by atoms with van der Waals surface area (Å²) in [7, 11) is 0. The minimum Gasteiger partial charge on any atom is -0.478 e. The molecule has 0 saturated carbocycles. The second-order valence-corrected chi connectivity index (χ2v) is 3.34. The molecule has 0 spiro atoms. The van der Waals surface area contributed by atoms with Gasteiger partial charge in [-0.15, -0.1) is 0 Å². The second kappa shape index (κ2) is 4.48. The van der Waals surface area contributed by atoms with E-state index in [-0.39, 0.29) is 11.5 Å². The quantitative estimate of drug-likeness (QED) is 0.738. The Morgan fingerprint density at radius 1 is 1.24 bits per heavy atom. The van der Waals surface area contributed by atoms with Crippen LogP contribution in [0.2, 0.25) is 0 Å². The number of carboxylic acid groups (broad SMARTS) is 1. The highest BCUT2D eigenvalue weighted by molar-refractivity contribution is 5.89. The Labute approximate surface area is 97.1 Å². The first-order valence-corrected chi connectivity index (χ1v) is 4.83. The molecule has 0 fully saturated rings. The fourth-order valence-corrected chi connectivity index (χ4v) is 1.30. The van der Waals surface area contributed by atoms with Crippen LogP contribution in [0.15, 0.2) is 36.7 Å². The second-order valence-electron chi connectivity index (χ2n) is 3.34. The largest absolute Gasteiger partial charge is 0.478 e. The molecule has 0 aliphatic rings. The fourth-order valence-electron chi connectivity index (χ4n) is 1.30. The van der Waals surface area contributed by atoms with Crippen molar-refractivity contribution in [1.29, 1.82) is 0 Å². The van der Waals surface area contributed by atoms with Gasteiger partial charge in [0.1, 0.15) is 0 Å². The van der Waals surface area contributed by atoms with Crippen LogP contribution in [-0.2, 0) is 0 Å². The highest BCUT2D eigenvalue weighted by Crippen LogP contribution is 2.16. The molecule has 0 atom stereocenters. The van der Waals surface area contributed by atoms with E-state index in [1.165, 1.54) is 24.5 Å². The molecule has 0 radical (unpaired) electrons. The Bertz CT molecular complexity index is 539. The lowest BCUT2D eigenvalue weighted by atomic mass is 10.2. The standard InChI is InChI=1S/C11H10N4O2/c12-11-13-5-9(6-14-11)15-8-3-1-2-7(4-8)10(16)17/h1-6,15H,(H,16,17)(H2,12,13,14). The van der Waals surface area contributed by atoms with Crippen LogP contribution in [0.25, 0.3) is 0 Å². The first-order chi connectivity index (χ1) is 8.15. The summed E-state index contributed by atoms with van der Waals surface area (Å²) in [6, 6.07) is 6.46. The predicted molar refractivity (Wildman–Crippen MR) is 63.1 cm³/mol. The molecular weight excluding hydrogens is 220 g/mol. The number of aromatic nitrogens is 2. The van der Waals surface area contributed by atoms with Crippen molar-refractivity contribution in [2.45, 2.75) is 0 Å². The molecular formula is C11H10N4O2. The number of rotatable bonds is 3. The predicted octanol–water partition coefficient (Wildman–Crippen LogP) is 1.50. The molecule has 2 rings (SSSR count). The van der Waals surface area contributed by atoms with Crippen molar-refractivity contribution in [2.24, 2.45) is 0 Å². The van der Waals surface area contributed by atoms with Crippen molar-refractivity contribution in [1.82, 2.24) is 9.97 Å². The molecule has 0 aliphatic heterocycles. The number of anilines is 3. The van der Waals surface area contributed by atoms with E-state index in [9.17, 15) is 4.79 Å². The summed E-state index contributed by atoms with van der Waals surface area (Å²) < 4.78 is 0. The van der Waals surface area contributed by atoms with E-state index < -0.39 is 5.97 Å². The Morgan fingerprint density at radius 2 is 1.94 bits per heavy atom. The maximum absolute atomic E-state index is 10.8. The number of nitrogen functional groups attached to an aromatic ring is 1. The molecule has 1 aromatic carbocycles. The van der Waals surface area contributed by atoms with Crippen LogP contribution in [-0.4, -0.2) is 21.0 Å². The molecule has 17 heavy (non-hydrogen) atoms. The lowest BCUT2D eigenvalue weighted by Gasteiger charge is -2.06. The summed E-state index contributed by atoms with van der Waals surface area (Å²) in [6.45, 7) is 0. The zero-order valence-electron chi connectivity index (χ0n) is 8.79. The molecule has 0 amide bonds. The van der Waals surface area contributed by atoms with E-state index in [0.717, 1.165) is 0 Å². The van der Waals surface area contributed by atoms with Crippen LogP contribution in [0.5, 0.6) is 0 Å². The van der Waals surface area contributed by atoms with Crippen molar-refractivity contribution >= 4 is 23.3 Å². The molecule has 1 aromatic heterocycles. The monoisotopic (exact) mass is 230 g/mol. The molecule has 6 nitrogen and oxygen atoms in total. The van der Waals surface area contributed by atoms with Gasteiger partial charge in [0, 0.05) is 5.69 Å². The smallest absolute Gasteiger partial charge is 0.335 e. The van der Waals surface area contributed by atoms with Crippen LogP contribution in [0.4, 0.5) is 17.3 Å². The zero-order valence-corrected chi connectivity index (χ0v) is 8.79. The summed E-state index contributed by atoms with van der Waals surface area (Å²) in [5, 5.41) is 11.8. The number of carboxylic acids is 1. The van der Waals surface area contributed by atoms with E-state index in [4.69, 9.17) is 10.8 Å². The fraction of sp³-hybridized carbons (Fsp3) is 0. The van der Waals surface area contributed by atoms with Gasteiger partial charge >= 0.3 is 5.97 Å². The molecule has 6 heteroatoms. The Morgan fingerprint density at radius 3 is 2.59 bits per heavy atom. The minimum absolute atomic E-state index is 0.190. The molecule has 4 N–H and O–H groups in total. The highest BCUT2D eigenvalue weighted by atomic mass is 16.4. The third-order valence-electron chi connectivity index (χ3n) is 2.07. The molecule has 0 unspecified atom stereocenters. The third-order valence-corrected chi connectivity index (χ3v) is 2.07. The molecule has 86 valence electrons. The number of nitrogens with two attached hydrogens (primary N) is 1. The molecule has 2 aromatic rings. The van der Waals surface area contributed by atoms with Crippen molar-refractivity contribution in [3.8, 4) is 0 Å². The SMILES string of the molecule is Nc1ncc(Nc2cccc(C(=O)O)c2)cn1. The zero-order chi connectivity index (χ0) is 12.3. The van der Waals surface area contributed by atoms with Gasteiger partial charge in [-0.1, -0.05) is 6.07 Å². The average molecular weight is 230 g/mol. The average Bonchev–Trinajstić information content (AvgIpc) is 2.32. The number of hydrogen-bond donors (Lipinski definition) is 3. The summed E-state index contributed by atoms with van der Waals surface area (Å²) in [6.07, 6.45) is 3.05. The highest BCUT2D eigenvalue weighted by Gasteiger charge is 2.03. The van der Waals surface area contributed by atoms with Gasteiger partial charge in [-0.3, -0.25) is 0 Å². The van der Waals surface area contributed by atoms with Crippen LogP contribution >= 0.6 is 0 Å². The van der Waals surface area contributed by atoms with E-state index in [2.05, 4.69) is 15.3 Å². The first kappa shape index (κ1) is 10.9. The van der Waals surface area contributed by atoms with Crippen LogP contribution in [0.3, 0.4) is 0 Å². The normalized spacial score (nSPS) is 9.88. The first-order valence-electron chi connectivity index (χ1n) is 4.83. The van der Waals surface area contributed by atoms with E-state index in [1.54, 1.807) is 12.1 Å². The van der Waals surface area contributed by atoms with Gasteiger partial charge in [0.2, 0.25) is 5.95 Å². The molecule has 0 saturated heterocycles. The Hall–Kier alpha value is -2.63. The van der Waals surface area contributed by atoms with Gasteiger partial charge in [0.25, 0.3) is 0 Å². The number of hydrogen-bond acceptors (Lipinski definition) is 5. The van der Waals surface area contributed by atoms with Crippen molar-refractivity contribution < 1.29 is 9.90 Å². The minimum atomic E-state index is -0.970. The molecule has 0 bridgehead atoms. The Balaban J connectivity index is 2.21. The summed E-state index contributed by atoms with van der Waals surface area (Å²) in [4.78, 5) is 18.4. The van der Waals surface area contributed by atoms with Crippen LogP contribution < -0.4 is 11.1 Å². The van der Waals surface area contributed by atoms with Gasteiger partial charge < -0.3 is 16.2 Å². The number of nitrogens with one attached hydrogen (secondary N) is 1. The number of nitrogens with zero attached hydrogens (tertiary/aromatic N) is 2. The van der Waals surface area contributed by atoms with Crippen LogP contribution in [0.1, 0.15) is 10.4 Å². The lowest BCUT2D eigenvalue weighted by molar-refractivity contribution is 0.0697. The Kier molecular flexibility index (Phi) is 2.87. The van der Waals surface area contributed by atoms with E-state index in [1.807, 2.05) is 0 Å². The van der Waals surface area contributed by atoms with Crippen molar-refractivity contribution in [2.75, 3.05) is 11.1 Å². The van der Waals surface area contributed by atoms with Crippen molar-refractivity contribution in [3.05, 3.63) is 42.2 Å². The van der Waals surface area contributed by atoms with Gasteiger partial charge in [0.05, 0.1) is 23.6 Å². The third kappa shape index (κ3) is 2.69. The van der Waals surface area contributed by atoms with E-state index >= 15 is 0 Å². The molecule has 1 heterocycles. The summed E-state index contributed by atoms with van der Waals surface area (Å²) in [5.41, 5.74) is 6.86. The lowest BCUT2D eigenvalue weighted by Crippen LogP contribution is -1.99. The van der Waals surface area contributed by atoms with Crippen molar-refractivity contribution in [3.63, 3.8) is 0 Å². The van der Waals surface area contributed by atoms with Crippen LogP contribution in [0, 0.1) is 0 Å². The summed E-state index contributed by atoms with van der Waals surface area (Å²) >= 11 is 0. The van der Waals surface area contributed by atoms with Gasteiger partial charge in [0.15, 0.2) is 0 Å². The number of benzene rings is 1. The maximum atomic E-state index is 10.8. The van der Waals surface area contributed by atoms with Gasteiger partial charge in [-0.05, 0) is 18.2 Å².